The third-order valence-electron chi connectivity index (χ3n) is 5.66. The highest BCUT2D eigenvalue weighted by atomic mass is 19.1. The largest absolute Gasteiger partial charge is 0.481 e. The Labute approximate surface area is 211 Å². The minimum Gasteiger partial charge on any atom is -0.481 e. The first-order chi connectivity index (χ1) is 17.8. The predicted molar refractivity (Wildman–Crippen MR) is 134 cm³/mol. The van der Waals surface area contributed by atoms with Crippen LogP contribution >= 0.6 is 0 Å². The van der Waals surface area contributed by atoms with Crippen molar-refractivity contribution in [1.29, 1.82) is 0 Å². The number of aliphatic carboxylic acids is 1. The molecule has 0 aliphatic rings. The average molecular weight is 508 g/mol. The van der Waals surface area contributed by atoms with Crippen LogP contribution in [0.15, 0.2) is 83.8 Å². The summed E-state index contributed by atoms with van der Waals surface area (Å²) in [5.74, 6) is -3.82. The van der Waals surface area contributed by atoms with E-state index >= 15 is 0 Å². The molecule has 37 heavy (non-hydrogen) atoms. The van der Waals surface area contributed by atoms with E-state index in [0.29, 0.717) is 12.0 Å². The SMILES string of the molecule is O=C(O)CC(NC(=O)C(CCc1ccccc1)n1cccc(NC(=O)c2ccccc2)c1=O)C(=O)CF. The number of ketones is 1. The number of aryl methyl sites for hydroxylation is 1. The molecule has 0 spiro atoms. The van der Waals surface area contributed by atoms with Gasteiger partial charge in [0.25, 0.3) is 11.5 Å². The van der Waals surface area contributed by atoms with E-state index in [-0.39, 0.29) is 12.1 Å². The molecule has 0 radical (unpaired) electrons. The Kier molecular flexibility index (Phi) is 9.42. The minimum absolute atomic E-state index is 0.0733. The summed E-state index contributed by atoms with van der Waals surface area (Å²) in [5.41, 5.74) is 0.461. The molecule has 2 aromatic carbocycles. The highest BCUT2D eigenvalue weighted by molar-refractivity contribution is 6.04. The van der Waals surface area contributed by atoms with Crippen LogP contribution in [-0.4, -0.2) is 46.0 Å². The zero-order valence-electron chi connectivity index (χ0n) is 19.8. The van der Waals surface area contributed by atoms with E-state index < -0.39 is 54.3 Å². The number of carbonyl (C=O) groups excluding carboxylic acids is 3. The standard InChI is InChI=1S/C27H26FN3O6/c28-17-23(32)21(16-24(33)34)30-26(36)22(14-13-18-8-3-1-4-9-18)31-15-7-12-20(27(31)37)29-25(35)19-10-5-2-6-11-19/h1-12,15,21-22H,13-14,16-17H2,(H,29,35)(H,30,36)(H,33,34). The highest BCUT2D eigenvalue weighted by Crippen LogP contribution is 2.17. The number of hydrogen-bond donors (Lipinski definition) is 3. The highest BCUT2D eigenvalue weighted by Gasteiger charge is 2.29. The van der Waals surface area contributed by atoms with Gasteiger partial charge in [-0.05, 0) is 42.7 Å². The summed E-state index contributed by atoms with van der Waals surface area (Å²) in [5, 5.41) is 13.9. The number of alkyl halides is 1. The van der Waals surface area contributed by atoms with Crippen LogP contribution in [-0.2, 0) is 20.8 Å². The second-order valence-corrected chi connectivity index (χ2v) is 8.25. The molecule has 1 heterocycles. The van der Waals surface area contributed by atoms with Crippen molar-refractivity contribution in [3.8, 4) is 0 Å². The molecule has 0 aliphatic heterocycles. The second kappa shape index (κ2) is 12.9. The van der Waals surface area contributed by atoms with Gasteiger partial charge in [0, 0.05) is 11.8 Å². The van der Waals surface area contributed by atoms with Crippen LogP contribution in [0.2, 0.25) is 0 Å². The molecule has 9 nitrogen and oxygen atoms in total. The van der Waals surface area contributed by atoms with Gasteiger partial charge in [-0.3, -0.25) is 24.0 Å². The molecule has 3 N–H and O–H groups in total. The number of aromatic nitrogens is 1. The molecule has 0 saturated carbocycles. The van der Waals surface area contributed by atoms with E-state index in [4.69, 9.17) is 5.11 Å². The number of pyridine rings is 1. The molecular formula is C27H26FN3O6. The fraction of sp³-hybridized carbons (Fsp3) is 0.222. The van der Waals surface area contributed by atoms with E-state index in [1.165, 1.54) is 18.3 Å². The van der Waals surface area contributed by atoms with E-state index in [9.17, 15) is 28.4 Å². The summed E-state index contributed by atoms with van der Waals surface area (Å²) in [6, 6.07) is 17.5. The Balaban J connectivity index is 1.92. The smallest absolute Gasteiger partial charge is 0.305 e. The Hall–Kier alpha value is -4.60. The molecular weight excluding hydrogens is 481 g/mol. The lowest BCUT2D eigenvalue weighted by atomic mass is 10.0. The maximum Gasteiger partial charge on any atom is 0.305 e. The summed E-state index contributed by atoms with van der Waals surface area (Å²) in [6.45, 7) is -1.45. The number of rotatable bonds is 12. The van der Waals surface area contributed by atoms with Crippen molar-refractivity contribution in [2.24, 2.45) is 0 Å². The summed E-state index contributed by atoms with van der Waals surface area (Å²) in [6.07, 6.45) is 1.03. The minimum atomic E-state index is -1.59. The number of Topliss-reactive ketones (excluding diaryl/α,β-unsaturated/α-hetero) is 1. The Morgan fingerprint density at radius 2 is 1.57 bits per heavy atom. The van der Waals surface area contributed by atoms with E-state index in [2.05, 4.69) is 10.6 Å². The predicted octanol–water partition coefficient (Wildman–Crippen LogP) is 2.77. The van der Waals surface area contributed by atoms with Crippen LogP contribution in [0.5, 0.6) is 0 Å². The summed E-state index contributed by atoms with van der Waals surface area (Å²) in [4.78, 5) is 62.2. The summed E-state index contributed by atoms with van der Waals surface area (Å²) in [7, 11) is 0. The van der Waals surface area contributed by atoms with Crippen LogP contribution in [0.25, 0.3) is 0 Å². The van der Waals surface area contributed by atoms with E-state index in [1.807, 2.05) is 30.3 Å². The lowest BCUT2D eigenvalue weighted by Gasteiger charge is -2.23. The Morgan fingerprint density at radius 3 is 2.19 bits per heavy atom. The Bertz CT molecular complexity index is 1310. The number of anilines is 1. The number of benzene rings is 2. The van der Waals surface area contributed by atoms with Gasteiger partial charge in [0.05, 0.1) is 6.42 Å². The first-order valence-corrected chi connectivity index (χ1v) is 11.5. The molecule has 3 rings (SSSR count). The monoisotopic (exact) mass is 507 g/mol. The fourth-order valence-corrected chi connectivity index (χ4v) is 3.76. The number of hydrogen-bond acceptors (Lipinski definition) is 5. The van der Waals surface area contributed by atoms with Gasteiger partial charge < -0.3 is 20.3 Å². The molecule has 2 unspecified atom stereocenters. The third kappa shape index (κ3) is 7.44. The molecule has 0 aliphatic carbocycles. The van der Waals surface area contributed by atoms with Crippen molar-refractivity contribution >= 4 is 29.3 Å². The lowest BCUT2D eigenvalue weighted by molar-refractivity contribution is -0.140. The Morgan fingerprint density at radius 1 is 0.919 bits per heavy atom. The van der Waals surface area contributed by atoms with Gasteiger partial charge in [-0.15, -0.1) is 0 Å². The van der Waals surface area contributed by atoms with Crippen LogP contribution in [0, 0.1) is 0 Å². The van der Waals surface area contributed by atoms with Crippen LogP contribution in [0.3, 0.4) is 0 Å². The topological polar surface area (TPSA) is 135 Å². The van der Waals surface area contributed by atoms with Crippen molar-refractivity contribution < 1.29 is 28.7 Å². The summed E-state index contributed by atoms with van der Waals surface area (Å²) >= 11 is 0. The molecule has 0 fully saturated rings. The van der Waals surface area contributed by atoms with Gasteiger partial charge in [0.1, 0.15) is 24.4 Å². The van der Waals surface area contributed by atoms with Crippen molar-refractivity contribution in [1.82, 2.24) is 9.88 Å². The molecule has 3 aromatic rings. The quantitative estimate of drug-likeness (QED) is 0.345. The van der Waals surface area contributed by atoms with Gasteiger partial charge in [0.15, 0.2) is 5.78 Å². The van der Waals surface area contributed by atoms with Crippen molar-refractivity contribution in [2.75, 3.05) is 12.0 Å². The van der Waals surface area contributed by atoms with E-state index in [0.717, 1.165) is 10.1 Å². The molecule has 2 atom stereocenters. The van der Waals surface area contributed by atoms with Gasteiger partial charge in [0.2, 0.25) is 5.91 Å². The first-order valence-electron chi connectivity index (χ1n) is 11.5. The number of carbonyl (C=O) groups is 4. The zero-order chi connectivity index (χ0) is 26.8. The maximum atomic E-state index is 13.3. The molecule has 1 aromatic heterocycles. The zero-order valence-corrected chi connectivity index (χ0v) is 19.8. The average Bonchev–Trinajstić information content (AvgIpc) is 2.90. The third-order valence-corrected chi connectivity index (χ3v) is 5.66. The van der Waals surface area contributed by atoms with Crippen LogP contribution < -0.4 is 16.2 Å². The number of carboxylic acid groups (broad SMARTS) is 1. The summed E-state index contributed by atoms with van der Waals surface area (Å²) < 4.78 is 14.1. The maximum absolute atomic E-state index is 13.3. The van der Waals surface area contributed by atoms with Crippen LogP contribution in [0.4, 0.5) is 10.1 Å². The van der Waals surface area contributed by atoms with Gasteiger partial charge in [-0.1, -0.05) is 48.5 Å². The normalized spacial score (nSPS) is 12.2. The molecule has 2 amide bonds. The van der Waals surface area contributed by atoms with Crippen molar-refractivity contribution in [3.63, 3.8) is 0 Å². The van der Waals surface area contributed by atoms with Gasteiger partial charge in [-0.25, -0.2) is 4.39 Å². The second-order valence-electron chi connectivity index (χ2n) is 8.25. The first kappa shape index (κ1) is 27.0. The molecule has 10 heteroatoms. The molecule has 192 valence electrons. The lowest BCUT2D eigenvalue weighted by Crippen LogP contribution is -2.47. The van der Waals surface area contributed by atoms with Crippen molar-refractivity contribution in [2.45, 2.75) is 31.3 Å². The number of nitrogens with zero attached hydrogens (tertiary/aromatic N) is 1. The number of amides is 2. The van der Waals surface area contributed by atoms with Gasteiger partial charge >= 0.3 is 5.97 Å². The number of nitrogens with one attached hydrogen (secondary N) is 2. The van der Waals surface area contributed by atoms with Crippen LogP contribution in [0.1, 0.15) is 34.8 Å². The fourth-order valence-electron chi connectivity index (χ4n) is 3.76. The number of halogens is 1. The molecule has 0 saturated heterocycles. The van der Waals surface area contributed by atoms with Gasteiger partial charge in [-0.2, -0.15) is 0 Å². The molecule has 0 bridgehead atoms. The van der Waals surface area contributed by atoms with E-state index in [1.54, 1.807) is 30.3 Å². The van der Waals surface area contributed by atoms with Crippen molar-refractivity contribution in [3.05, 3.63) is 100 Å². The number of carboxylic acids is 1.